The number of carbonyl (C=O) groups excluding carboxylic acids is 1. The fourth-order valence-electron chi connectivity index (χ4n) is 1.77. The monoisotopic (exact) mass is 218 g/mol. The van der Waals surface area contributed by atoms with E-state index >= 15 is 0 Å². The Kier molecular flexibility index (Phi) is 2.52. The van der Waals surface area contributed by atoms with E-state index < -0.39 is 0 Å². The Hall–Kier alpha value is -2.04. The van der Waals surface area contributed by atoms with Gasteiger partial charge < -0.3 is 15.6 Å². The number of aryl methyl sites for hydroxylation is 1. The van der Waals surface area contributed by atoms with Gasteiger partial charge in [-0.3, -0.25) is 4.79 Å². The summed E-state index contributed by atoms with van der Waals surface area (Å²) < 4.78 is 1.91. The molecule has 0 saturated heterocycles. The number of aromatic nitrogens is 2. The van der Waals surface area contributed by atoms with E-state index in [9.17, 15) is 4.79 Å². The van der Waals surface area contributed by atoms with Gasteiger partial charge in [0.2, 0.25) is 5.95 Å². The number of fused-ring (bicyclic) bond motifs is 1. The van der Waals surface area contributed by atoms with Gasteiger partial charge in [-0.05, 0) is 25.1 Å². The first kappa shape index (κ1) is 10.5. The number of nitrogens with one attached hydrogen (secondary N) is 1. The first-order chi connectivity index (χ1) is 7.67. The molecule has 0 spiro atoms. The Balaban J connectivity index is 2.60. The summed E-state index contributed by atoms with van der Waals surface area (Å²) >= 11 is 0. The number of nitrogens with two attached hydrogens (primary N) is 1. The number of benzene rings is 1. The normalized spacial score (nSPS) is 10.6. The van der Waals surface area contributed by atoms with Crippen LogP contribution in [-0.4, -0.2) is 22.5 Å². The molecule has 2 aromatic rings. The second kappa shape index (κ2) is 3.84. The standard InChI is InChI=1S/C11H14N4O/c1-3-15-9-5-4-7(10(16)13-2)6-8(9)14-11(15)12/h4-6H,3H2,1-2H3,(H2,12,14)(H,13,16). The summed E-state index contributed by atoms with van der Waals surface area (Å²) in [6.07, 6.45) is 0. The average Bonchev–Trinajstić information content (AvgIpc) is 2.62. The highest BCUT2D eigenvalue weighted by Gasteiger charge is 2.09. The van der Waals surface area contributed by atoms with E-state index in [1.54, 1.807) is 19.2 Å². The molecule has 3 N–H and O–H groups in total. The van der Waals surface area contributed by atoms with Crippen molar-refractivity contribution in [2.24, 2.45) is 0 Å². The van der Waals surface area contributed by atoms with Crippen LogP contribution >= 0.6 is 0 Å². The molecule has 0 aliphatic carbocycles. The smallest absolute Gasteiger partial charge is 0.251 e. The number of anilines is 1. The number of nitrogen functional groups attached to an aromatic ring is 1. The molecule has 0 aliphatic rings. The third-order valence-corrected chi connectivity index (χ3v) is 2.58. The number of imidazole rings is 1. The Labute approximate surface area is 93.3 Å². The number of rotatable bonds is 2. The first-order valence-corrected chi connectivity index (χ1v) is 5.15. The molecule has 0 unspecified atom stereocenters. The third-order valence-electron chi connectivity index (χ3n) is 2.58. The zero-order valence-electron chi connectivity index (χ0n) is 9.32. The second-order valence-electron chi connectivity index (χ2n) is 3.50. The van der Waals surface area contributed by atoms with Crippen LogP contribution in [0.25, 0.3) is 11.0 Å². The molecule has 84 valence electrons. The predicted molar refractivity (Wildman–Crippen MR) is 63.2 cm³/mol. The maximum Gasteiger partial charge on any atom is 0.251 e. The van der Waals surface area contributed by atoms with E-state index in [0.29, 0.717) is 11.5 Å². The zero-order chi connectivity index (χ0) is 11.7. The molecule has 1 aromatic carbocycles. The second-order valence-corrected chi connectivity index (χ2v) is 3.50. The van der Waals surface area contributed by atoms with Crippen LogP contribution in [0.4, 0.5) is 5.95 Å². The van der Waals surface area contributed by atoms with Crippen LogP contribution in [0.3, 0.4) is 0 Å². The van der Waals surface area contributed by atoms with Crippen molar-refractivity contribution in [3.8, 4) is 0 Å². The lowest BCUT2D eigenvalue weighted by Gasteiger charge is -2.02. The molecule has 1 amide bonds. The Morgan fingerprint density at radius 1 is 1.56 bits per heavy atom. The van der Waals surface area contributed by atoms with Gasteiger partial charge in [-0.2, -0.15) is 0 Å². The number of hydrogen-bond donors (Lipinski definition) is 2. The zero-order valence-corrected chi connectivity index (χ0v) is 9.32. The van der Waals surface area contributed by atoms with Crippen LogP contribution in [0.5, 0.6) is 0 Å². The van der Waals surface area contributed by atoms with Crippen molar-refractivity contribution >= 4 is 22.9 Å². The topological polar surface area (TPSA) is 72.9 Å². The lowest BCUT2D eigenvalue weighted by Crippen LogP contribution is -2.17. The molecule has 2 rings (SSSR count). The van der Waals surface area contributed by atoms with Gasteiger partial charge in [0.15, 0.2) is 0 Å². The van der Waals surface area contributed by atoms with Crippen LogP contribution in [0.1, 0.15) is 17.3 Å². The molecule has 5 nitrogen and oxygen atoms in total. The fraction of sp³-hybridized carbons (Fsp3) is 0.273. The molecular formula is C11H14N4O. The molecular weight excluding hydrogens is 204 g/mol. The van der Waals surface area contributed by atoms with E-state index in [4.69, 9.17) is 5.73 Å². The highest BCUT2D eigenvalue weighted by molar-refractivity contribution is 5.97. The Bertz CT molecular complexity index is 544. The summed E-state index contributed by atoms with van der Waals surface area (Å²) in [7, 11) is 1.60. The van der Waals surface area contributed by atoms with Crippen molar-refractivity contribution in [3.63, 3.8) is 0 Å². The molecule has 0 saturated carbocycles. The molecule has 1 aromatic heterocycles. The molecule has 0 fully saturated rings. The van der Waals surface area contributed by atoms with Crippen molar-refractivity contribution in [3.05, 3.63) is 23.8 Å². The minimum absolute atomic E-state index is 0.119. The third kappa shape index (κ3) is 1.50. The largest absolute Gasteiger partial charge is 0.369 e. The maximum atomic E-state index is 11.4. The van der Waals surface area contributed by atoms with Crippen molar-refractivity contribution in [1.29, 1.82) is 0 Å². The minimum atomic E-state index is -0.119. The van der Waals surface area contributed by atoms with E-state index in [1.165, 1.54) is 0 Å². The summed E-state index contributed by atoms with van der Waals surface area (Å²) in [6, 6.07) is 5.39. The van der Waals surface area contributed by atoms with E-state index in [2.05, 4.69) is 10.3 Å². The number of amides is 1. The van der Waals surface area contributed by atoms with Gasteiger partial charge in [0.05, 0.1) is 11.0 Å². The van der Waals surface area contributed by atoms with E-state index in [0.717, 1.165) is 17.6 Å². The van der Waals surface area contributed by atoms with Gasteiger partial charge >= 0.3 is 0 Å². The van der Waals surface area contributed by atoms with Crippen molar-refractivity contribution in [1.82, 2.24) is 14.9 Å². The highest BCUT2D eigenvalue weighted by Crippen LogP contribution is 2.19. The van der Waals surface area contributed by atoms with E-state index in [-0.39, 0.29) is 5.91 Å². The fourth-order valence-corrected chi connectivity index (χ4v) is 1.77. The van der Waals surface area contributed by atoms with Gasteiger partial charge in [0, 0.05) is 19.2 Å². The molecule has 0 bridgehead atoms. The molecule has 16 heavy (non-hydrogen) atoms. The summed E-state index contributed by atoms with van der Waals surface area (Å²) in [5, 5.41) is 2.58. The molecule has 1 heterocycles. The summed E-state index contributed by atoms with van der Waals surface area (Å²) in [4.78, 5) is 15.7. The SMILES string of the molecule is CCn1c(N)nc2cc(C(=O)NC)ccc21. The van der Waals surface area contributed by atoms with Crippen LogP contribution in [0.15, 0.2) is 18.2 Å². The minimum Gasteiger partial charge on any atom is -0.369 e. The highest BCUT2D eigenvalue weighted by atomic mass is 16.1. The van der Waals surface area contributed by atoms with Crippen LogP contribution in [0.2, 0.25) is 0 Å². The van der Waals surface area contributed by atoms with Crippen LogP contribution in [-0.2, 0) is 6.54 Å². The van der Waals surface area contributed by atoms with Gasteiger partial charge in [-0.1, -0.05) is 0 Å². The predicted octanol–water partition coefficient (Wildman–Crippen LogP) is 0.998. The summed E-state index contributed by atoms with van der Waals surface area (Å²) in [6.45, 7) is 2.77. The van der Waals surface area contributed by atoms with Gasteiger partial charge in [0.1, 0.15) is 0 Å². The van der Waals surface area contributed by atoms with Crippen LogP contribution in [0, 0.1) is 0 Å². The van der Waals surface area contributed by atoms with Gasteiger partial charge in [-0.25, -0.2) is 4.98 Å². The Morgan fingerprint density at radius 2 is 2.31 bits per heavy atom. The van der Waals surface area contributed by atoms with Crippen LogP contribution < -0.4 is 11.1 Å². The number of hydrogen-bond acceptors (Lipinski definition) is 3. The molecule has 0 atom stereocenters. The Morgan fingerprint density at radius 3 is 2.94 bits per heavy atom. The summed E-state index contributed by atoms with van der Waals surface area (Å²) in [5.41, 5.74) is 8.07. The maximum absolute atomic E-state index is 11.4. The van der Waals surface area contributed by atoms with Crippen molar-refractivity contribution in [2.75, 3.05) is 12.8 Å². The van der Waals surface area contributed by atoms with Crippen molar-refractivity contribution in [2.45, 2.75) is 13.5 Å². The van der Waals surface area contributed by atoms with Gasteiger partial charge in [0.25, 0.3) is 5.91 Å². The van der Waals surface area contributed by atoms with Gasteiger partial charge in [-0.15, -0.1) is 0 Å². The average molecular weight is 218 g/mol. The summed E-state index contributed by atoms with van der Waals surface area (Å²) in [5.74, 6) is 0.359. The van der Waals surface area contributed by atoms with E-state index in [1.807, 2.05) is 17.6 Å². The lowest BCUT2D eigenvalue weighted by atomic mass is 10.2. The number of nitrogens with zero attached hydrogens (tertiary/aromatic N) is 2. The molecule has 0 radical (unpaired) electrons. The lowest BCUT2D eigenvalue weighted by molar-refractivity contribution is 0.0963. The number of carbonyl (C=O) groups is 1. The molecule has 5 heteroatoms. The first-order valence-electron chi connectivity index (χ1n) is 5.15. The molecule has 0 aliphatic heterocycles. The quantitative estimate of drug-likeness (QED) is 0.789. The van der Waals surface area contributed by atoms with Crippen molar-refractivity contribution < 1.29 is 4.79 Å².